The maximum Gasteiger partial charge on any atom is 0.242 e. The molecule has 2 amide bonds. The molecule has 2 heterocycles. The Bertz CT molecular complexity index is 748. The van der Waals surface area contributed by atoms with Gasteiger partial charge in [-0.2, -0.15) is 0 Å². The smallest absolute Gasteiger partial charge is 0.242 e. The van der Waals surface area contributed by atoms with Gasteiger partial charge in [0.2, 0.25) is 11.8 Å². The molecule has 0 unspecified atom stereocenters. The van der Waals surface area contributed by atoms with E-state index in [4.69, 9.17) is 16.3 Å². The van der Waals surface area contributed by atoms with Crippen LogP contribution in [0.4, 0.5) is 0 Å². The number of rotatable bonds is 9. The number of hydrogen-bond acceptors (Lipinski definition) is 4. The minimum Gasteiger partial charge on any atom is -0.376 e. The second-order valence-electron chi connectivity index (χ2n) is 6.86. The molecule has 1 aliphatic rings. The quantitative estimate of drug-likeness (QED) is 0.583. The Morgan fingerprint density at radius 1 is 1.07 bits per heavy atom. The lowest BCUT2D eigenvalue weighted by atomic mass is 10.2. The molecule has 1 atom stereocenters. The first kappa shape index (κ1) is 20.8. The fourth-order valence-electron chi connectivity index (χ4n) is 3.26. The number of alkyl halides is 1. The van der Waals surface area contributed by atoms with Gasteiger partial charge in [-0.15, -0.1) is 22.9 Å². The third-order valence-corrected chi connectivity index (χ3v) is 5.83. The molecule has 150 valence electrons. The van der Waals surface area contributed by atoms with Crippen LogP contribution >= 0.6 is 22.9 Å². The zero-order valence-electron chi connectivity index (χ0n) is 15.8. The van der Waals surface area contributed by atoms with Crippen LogP contribution in [0, 0.1) is 0 Å². The number of hydrogen-bond donors (Lipinski definition) is 0. The van der Waals surface area contributed by atoms with Crippen molar-refractivity contribution in [2.45, 2.75) is 32.0 Å². The first-order valence-corrected chi connectivity index (χ1v) is 10.9. The summed E-state index contributed by atoms with van der Waals surface area (Å²) in [6.07, 6.45) is 1.88. The molecule has 1 saturated heterocycles. The van der Waals surface area contributed by atoms with E-state index in [1.54, 1.807) is 16.2 Å². The van der Waals surface area contributed by atoms with E-state index < -0.39 is 0 Å². The van der Waals surface area contributed by atoms with E-state index in [0.29, 0.717) is 26.2 Å². The molecule has 1 aromatic carbocycles. The summed E-state index contributed by atoms with van der Waals surface area (Å²) in [6, 6.07) is 13.9. The molecule has 0 bridgehead atoms. The van der Waals surface area contributed by atoms with E-state index >= 15 is 0 Å². The number of halogens is 1. The van der Waals surface area contributed by atoms with E-state index in [2.05, 4.69) is 0 Å². The number of ether oxygens (including phenoxy) is 1. The highest BCUT2D eigenvalue weighted by atomic mass is 35.5. The average Bonchev–Trinajstić information content (AvgIpc) is 3.41. The van der Waals surface area contributed by atoms with Gasteiger partial charge in [0.15, 0.2) is 0 Å². The zero-order valence-corrected chi connectivity index (χ0v) is 17.3. The van der Waals surface area contributed by atoms with Crippen molar-refractivity contribution < 1.29 is 14.3 Å². The van der Waals surface area contributed by atoms with E-state index in [1.807, 2.05) is 47.8 Å². The number of thiophene rings is 1. The van der Waals surface area contributed by atoms with E-state index in [1.165, 1.54) is 4.90 Å². The first-order chi connectivity index (χ1) is 13.7. The van der Waals surface area contributed by atoms with Gasteiger partial charge in [-0.25, -0.2) is 0 Å². The minimum atomic E-state index is -0.235. The number of benzene rings is 1. The zero-order chi connectivity index (χ0) is 19.8. The van der Waals surface area contributed by atoms with Crippen LogP contribution in [0.3, 0.4) is 0 Å². The number of carbonyl (C=O) groups excluding carboxylic acids is 2. The summed E-state index contributed by atoms with van der Waals surface area (Å²) in [7, 11) is 0. The number of nitrogens with zero attached hydrogens (tertiary/aromatic N) is 2. The summed E-state index contributed by atoms with van der Waals surface area (Å²) < 4.78 is 5.64. The Balaban J connectivity index is 1.70. The Kier molecular flexibility index (Phi) is 7.89. The van der Waals surface area contributed by atoms with Gasteiger partial charge >= 0.3 is 0 Å². The molecular weight excluding hydrogens is 396 g/mol. The van der Waals surface area contributed by atoms with Crippen molar-refractivity contribution >= 4 is 34.8 Å². The molecule has 7 heteroatoms. The molecular formula is C21H25ClN2O3S. The summed E-state index contributed by atoms with van der Waals surface area (Å²) in [5, 5.41) is 2.00. The van der Waals surface area contributed by atoms with Crippen molar-refractivity contribution in [1.82, 2.24) is 9.80 Å². The first-order valence-electron chi connectivity index (χ1n) is 9.45. The van der Waals surface area contributed by atoms with Crippen molar-refractivity contribution in [2.75, 3.05) is 25.6 Å². The predicted molar refractivity (Wildman–Crippen MR) is 111 cm³/mol. The Morgan fingerprint density at radius 2 is 1.89 bits per heavy atom. The van der Waals surface area contributed by atoms with Gasteiger partial charge < -0.3 is 14.5 Å². The van der Waals surface area contributed by atoms with Gasteiger partial charge in [0.1, 0.15) is 5.88 Å². The van der Waals surface area contributed by atoms with Crippen molar-refractivity contribution in [2.24, 2.45) is 0 Å². The van der Waals surface area contributed by atoms with E-state index in [0.717, 1.165) is 23.3 Å². The predicted octanol–water partition coefficient (Wildman–Crippen LogP) is 3.52. The topological polar surface area (TPSA) is 49.9 Å². The largest absolute Gasteiger partial charge is 0.376 e. The van der Waals surface area contributed by atoms with Crippen LogP contribution in [-0.4, -0.2) is 53.3 Å². The van der Waals surface area contributed by atoms with Gasteiger partial charge in [0.25, 0.3) is 0 Å². The van der Waals surface area contributed by atoms with Crippen molar-refractivity contribution in [1.29, 1.82) is 0 Å². The van der Waals surface area contributed by atoms with Crippen LogP contribution in [0.25, 0.3) is 0 Å². The summed E-state index contributed by atoms with van der Waals surface area (Å²) >= 11 is 7.40. The molecule has 1 fully saturated rings. The molecule has 0 N–H and O–H groups in total. The van der Waals surface area contributed by atoms with Crippen LogP contribution in [0.2, 0.25) is 0 Å². The second-order valence-corrected chi connectivity index (χ2v) is 8.16. The fourth-order valence-corrected chi connectivity index (χ4v) is 4.15. The molecule has 28 heavy (non-hydrogen) atoms. The second kappa shape index (κ2) is 10.6. The van der Waals surface area contributed by atoms with Gasteiger partial charge in [0.05, 0.1) is 19.2 Å². The monoisotopic (exact) mass is 420 g/mol. The summed E-state index contributed by atoms with van der Waals surface area (Å²) in [6.45, 7) is 2.16. The molecule has 0 aliphatic carbocycles. The molecule has 2 aromatic rings. The van der Waals surface area contributed by atoms with Crippen molar-refractivity contribution in [3.05, 3.63) is 58.3 Å². The van der Waals surface area contributed by atoms with Gasteiger partial charge in [-0.1, -0.05) is 36.4 Å². The van der Waals surface area contributed by atoms with Gasteiger partial charge in [-0.05, 0) is 29.9 Å². The highest BCUT2D eigenvalue weighted by Gasteiger charge is 2.26. The molecule has 5 nitrogen and oxygen atoms in total. The third kappa shape index (κ3) is 6.06. The Hall–Kier alpha value is -1.89. The Morgan fingerprint density at radius 3 is 2.54 bits per heavy atom. The normalized spacial score (nSPS) is 16.1. The van der Waals surface area contributed by atoms with Gasteiger partial charge in [-0.3, -0.25) is 9.59 Å². The summed E-state index contributed by atoms with van der Waals surface area (Å²) in [4.78, 5) is 29.9. The van der Waals surface area contributed by atoms with Crippen LogP contribution in [0.1, 0.15) is 23.3 Å². The fraction of sp³-hybridized carbons (Fsp3) is 0.429. The maximum absolute atomic E-state index is 13.1. The van der Waals surface area contributed by atoms with Crippen LogP contribution in [-0.2, 0) is 27.4 Å². The SMILES string of the molecule is O=C(CN(C[C@H]1CCCO1)C(=O)CCl)N(Cc1ccccc1)Cc1cccs1. The number of amides is 2. The summed E-state index contributed by atoms with van der Waals surface area (Å²) in [5.41, 5.74) is 1.06. The molecule has 0 saturated carbocycles. The van der Waals surface area contributed by atoms with Crippen LogP contribution in [0.5, 0.6) is 0 Å². The molecule has 1 aliphatic heterocycles. The summed E-state index contributed by atoms with van der Waals surface area (Å²) in [5.74, 6) is -0.459. The molecule has 0 spiro atoms. The van der Waals surface area contributed by atoms with E-state index in [-0.39, 0.29) is 30.3 Å². The highest BCUT2D eigenvalue weighted by molar-refractivity contribution is 7.09. The lowest BCUT2D eigenvalue weighted by Crippen LogP contribution is -2.45. The average molecular weight is 421 g/mol. The lowest BCUT2D eigenvalue weighted by molar-refractivity contribution is -0.141. The van der Waals surface area contributed by atoms with Crippen molar-refractivity contribution in [3.8, 4) is 0 Å². The lowest BCUT2D eigenvalue weighted by Gasteiger charge is -2.28. The number of carbonyl (C=O) groups is 2. The molecule has 1 aromatic heterocycles. The Labute approximate surface area is 174 Å². The van der Waals surface area contributed by atoms with Crippen LogP contribution in [0.15, 0.2) is 47.8 Å². The highest BCUT2D eigenvalue weighted by Crippen LogP contribution is 2.17. The van der Waals surface area contributed by atoms with Crippen molar-refractivity contribution in [3.63, 3.8) is 0 Å². The van der Waals surface area contributed by atoms with Gasteiger partial charge in [0, 0.05) is 24.6 Å². The standard InChI is InChI=1S/C21H25ClN2O3S/c22-12-20(25)24(14-18-8-4-10-27-18)16-21(26)23(15-19-9-5-11-28-19)13-17-6-2-1-3-7-17/h1-3,5-7,9,11,18H,4,8,10,12-16H2/t18-/m1/s1. The van der Waals surface area contributed by atoms with E-state index in [9.17, 15) is 9.59 Å². The third-order valence-electron chi connectivity index (χ3n) is 4.74. The van der Waals surface area contributed by atoms with Crippen LogP contribution < -0.4 is 0 Å². The maximum atomic E-state index is 13.1. The molecule has 0 radical (unpaired) electrons. The molecule has 3 rings (SSSR count). The minimum absolute atomic E-state index is 0.0140.